The van der Waals surface area contributed by atoms with Gasteiger partial charge < -0.3 is 20.1 Å². The normalized spacial score (nSPS) is 17.6. The van der Waals surface area contributed by atoms with E-state index in [9.17, 15) is 4.79 Å². The van der Waals surface area contributed by atoms with Gasteiger partial charge in [0.2, 0.25) is 0 Å². The highest BCUT2D eigenvalue weighted by atomic mass is 16.5. The number of benzene rings is 1. The summed E-state index contributed by atoms with van der Waals surface area (Å²) in [6.45, 7) is 3.48. The highest BCUT2D eigenvalue weighted by Crippen LogP contribution is 2.34. The molecule has 1 aliphatic rings. The number of hydrogen-bond donors (Lipinski definition) is 1. The van der Waals surface area contributed by atoms with Gasteiger partial charge in [-0.15, -0.1) is 0 Å². The molecule has 0 fully saturated rings. The Morgan fingerprint density at radius 2 is 2.37 bits per heavy atom. The molecule has 2 rings (SSSR count). The molecular weight excluding hydrogens is 244 g/mol. The Morgan fingerprint density at radius 1 is 1.58 bits per heavy atom. The van der Waals surface area contributed by atoms with Crippen molar-refractivity contribution >= 4 is 11.7 Å². The first-order chi connectivity index (χ1) is 9.17. The van der Waals surface area contributed by atoms with E-state index in [1.165, 1.54) is 7.11 Å². The molecule has 19 heavy (non-hydrogen) atoms. The van der Waals surface area contributed by atoms with Crippen LogP contribution in [0.3, 0.4) is 0 Å². The summed E-state index contributed by atoms with van der Waals surface area (Å²) in [5.41, 5.74) is 7.59. The van der Waals surface area contributed by atoms with Gasteiger partial charge in [0.15, 0.2) is 0 Å². The molecule has 1 atom stereocenters. The SMILES string of the molecule is CCC1CN(CC(=O)OC)c2ccc(CN)cc2O1. The average Bonchev–Trinajstić information content (AvgIpc) is 2.45. The molecule has 0 aromatic heterocycles. The Kier molecular flexibility index (Phi) is 4.27. The maximum Gasteiger partial charge on any atom is 0.325 e. The van der Waals surface area contributed by atoms with Crippen LogP contribution in [0.5, 0.6) is 5.75 Å². The van der Waals surface area contributed by atoms with E-state index in [0.29, 0.717) is 13.1 Å². The quantitative estimate of drug-likeness (QED) is 0.830. The van der Waals surface area contributed by atoms with Crippen LogP contribution >= 0.6 is 0 Å². The number of carbonyl (C=O) groups is 1. The lowest BCUT2D eigenvalue weighted by Crippen LogP contribution is -2.42. The minimum atomic E-state index is -0.245. The van der Waals surface area contributed by atoms with Crippen molar-refractivity contribution in [2.45, 2.75) is 26.0 Å². The largest absolute Gasteiger partial charge is 0.486 e. The third kappa shape index (κ3) is 2.98. The Labute approximate surface area is 113 Å². The minimum absolute atomic E-state index is 0.0881. The summed E-state index contributed by atoms with van der Waals surface area (Å²) in [6, 6.07) is 5.85. The molecule has 0 radical (unpaired) electrons. The maximum absolute atomic E-state index is 11.5. The predicted octanol–water partition coefficient (Wildman–Crippen LogP) is 1.30. The van der Waals surface area contributed by atoms with Crippen molar-refractivity contribution < 1.29 is 14.3 Å². The summed E-state index contributed by atoms with van der Waals surface area (Å²) in [7, 11) is 1.40. The molecule has 5 nitrogen and oxygen atoms in total. The van der Waals surface area contributed by atoms with Crippen LogP contribution in [0.1, 0.15) is 18.9 Å². The number of hydrogen-bond acceptors (Lipinski definition) is 5. The third-order valence-electron chi connectivity index (χ3n) is 3.32. The third-order valence-corrected chi connectivity index (χ3v) is 3.32. The number of fused-ring (bicyclic) bond motifs is 1. The van der Waals surface area contributed by atoms with Gasteiger partial charge in [0, 0.05) is 6.54 Å². The van der Waals surface area contributed by atoms with Crippen molar-refractivity contribution in [1.29, 1.82) is 0 Å². The first-order valence-electron chi connectivity index (χ1n) is 6.49. The first kappa shape index (κ1) is 13.7. The zero-order valence-corrected chi connectivity index (χ0v) is 11.4. The number of anilines is 1. The van der Waals surface area contributed by atoms with Gasteiger partial charge in [0.1, 0.15) is 18.4 Å². The molecule has 0 saturated carbocycles. The van der Waals surface area contributed by atoms with E-state index in [1.807, 2.05) is 23.1 Å². The van der Waals surface area contributed by atoms with E-state index in [-0.39, 0.29) is 18.6 Å². The van der Waals surface area contributed by atoms with E-state index in [0.717, 1.165) is 23.4 Å². The van der Waals surface area contributed by atoms with Crippen LogP contribution in [-0.2, 0) is 16.1 Å². The zero-order chi connectivity index (χ0) is 13.8. The summed E-state index contributed by atoms with van der Waals surface area (Å²) < 4.78 is 10.7. The lowest BCUT2D eigenvalue weighted by atomic mass is 10.1. The van der Waals surface area contributed by atoms with Gasteiger partial charge in [-0.1, -0.05) is 13.0 Å². The molecule has 1 unspecified atom stereocenters. The lowest BCUT2D eigenvalue weighted by molar-refractivity contribution is -0.139. The molecule has 0 bridgehead atoms. The van der Waals surface area contributed by atoms with Crippen LogP contribution in [0, 0.1) is 0 Å². The molecule has 1 aromatic carbocycles. The monoisotopic (exact) mass is 264 g/mol. The van der Waals surface area contributed by atoms with Gasteiger partial charge in [-0.3, -0.25) is 4.79 Å². The number of rotatable bonds is 4. The maximum atomic E-state index is 11.5. The molecule has 5 heteroatoms. The summed E-state index contributed by atoms with van der Waals surface area (Å²) in [5.74, 6) is 0.551. The van der Waals surface area contributed by atoms with Gasteiger partial charge in [0.05, 0.1) is 19.3 Å². The highest BCUT2D eigenvalue weighted by molar-refractivity contribution is 5.77. The van der Waals surface area contributed by atoms with Crippen molar-refractivity contribution in [1.82, 2.24) is 0 Å². The van der Waals surface area contributed by atoms with Crippen molar-refractivity contribution in [3.05, 3.63) is 23.8 Å². The Bertz CT molecular complexity index is 462. The minimum Gasteiger partial charge on any atom is -0.486 e. The van der Waals surface area contributed by atoms with Crippen molar-refractivity contribution in [3.63, 3.8) is 0 Å². The number of carbonyl (C=O) groups excluding carboxylic acids is 1. The average molecular weight is 264 g/mol. The second kappa shape index (κ2) is 5.93. The van der Waals surface area contributed by atoms with Crippen LogP contribution in [0.25, 0.3) is 0 Å². The van der Waals surface area contributed by atoms with Crippen LogP contribution in [-0.4, -0.2) is 32.3 Å². The summed E-state index contributed by atoms with van der Waals surface area (Å²) in [5, 5.41) is 0. The van der Waals surface area contributed by atoms with Crippen LogP contribution in [0.4, 0.5) is 5.69 Å². The van der Waals surface area contributed by atoms with Crippen LogP contribution in [0.2, 0.25) is 0 Å². The predicted molar refractivity (Wildman–Crippen MR) is 73.3 cm³/mol. The molecule has 104 valence electrons. The fourth-order valence-electron chi connectivity index (χ4n) is 2.18. The highest BCUT2D eigenvalue weighted by Gasteiger charge is 2.26. The zero-order valence-electron chi connectivity index (χ0n) is 11.4. The van der Waals surface area contributed by atoms with Crippen molar-refractivity contribution in [2.24, 2.45) is 5.73 Å². The second-order valence-corrected chi connectivity index (χ2v) is 4.61. The molecular formula is C14H20N2O3. The van der Waals surface area contributed by atoms with E-state index in [2.05, 4.69) is 6.92 Å². The molecule has 0 amide bonds. The standard InChI is InChI=1S/C14H20N2O3/c1-3-11-8-16(9-14(17)18-2)12-5-4-10(7-15)6-13(12)19-11/h4-6,11H,3,7-9,15H2,1-2H3. The van der Waals surface area contributed by atoms with Crippen molar-refractivity contribution in [3.8, 4) is 5.75 Å². The van der Waals surface area contributed by atoms with E-state index in [4.69, 9.17) is 15.2 Å². The summed E-state index contributed by atoms with van der Waals surface area (Å²) in [4.78, 5) is 13.5. The molecule has 2 N–H and O–H groups in total. The lowest BCUT2D eigenvalue weighted by Gasteiger charge is -2.35. The number of methoxy groups -OCH3 is 1. The summed E-state index contributed by atoms with van der Waals surface area (Å²) >= 11 is 0. The fraction of sp³-hybridized carbons (Fsp3) is 0.500. The Morgan fingerprint density at radius 3 is 3.00 bits per heavy atom. The molecule has 0 aliphatic carbocycles. The van der Waals surface area contributed by atoms with Gasteiger partial charge in [0.25, 0.3) is 0 Å². The van der Waals surface area contributed by atoms with E-state index >= 15 is 0 Å². The number of nitrogens with two attached hydrogens (primary N) is 1. The number of esters is 1. The van der Waals surface area contributed by atoms with Gasteiger partial charge in [-0.2, -0.15) is 0 Å². The van der Waals surface area contributed by atoms with Crippen LogP contribution < -0.4 is 15.4 Å². The topological polar surface area (TPSA) is 64.8 Å². The van der Waals surface area contributed by atoms with Crippen molar-refractivity contribution in [2.75, 3.05) is 25.1 Å². The van der Waals surface area contributed by atoms with E-state index in [1.54, 1.807) is 0 Å². The number of ether oxygens (including phenoxy) is 2. The van der Waals surface area contributed by atoms with Gasteiger partial charge >= 0.3 is 5.97 Å². The fourth-order valence-corrected chi connectivity index (χ4v) is 2.18. The van der Waals surface area contributed by atoms with Crippen LogP contribution in [0.15, 0.2) is 18.2 Å². The van der Waals surface area contributed by atoms with Gasteiger partial charge in [-0.25, -0.2) is 0 Å². The summed E-state index contributed by atoms with van der Waals surface area (Å²) in [6.07, 6.45) is 0.981. The molecule has 1 heterocycles. The van der Waals surface area contributed by atoms with Gasteiger partial charge in [-0.05, 0) is 24.1 Å². The second-order valence-electron chi connectivity index (χ2n) is 4.61. The molecule has 0 spiro atoms. The Balaban J connectivity index is 2.28. The molecule has 0 saturated heterocycles. The van der Waals surface area contributed by atoms with E-state index < -0.39 is 0 Å². The smallest absolute Gasteiger partial charge is 0.325 e. The first-order valence-corrected chi connectivity index (χ1v) is 6.49. The Hall–Kier alpha value is -1.75. The molecule has 1 aliphatic heterocycles. The number of nitrogens with zero attached hydrogens (tertiary/aromatic N) is 1. The molecule has 1 aromatic rings.